The zero-order valence-electron chi connectivity index (χ0n) is 11.5. The summed E-state index contributed by atoms with van der Waals surface area (Å²) < 4.78 is 31.5. The first kappa shape index (κ1) is 14.5. The standard InChI is InChI=1S/C16H17F2NO/c1-19-15(9-11-3-6-13(17)7-4-11)12-5-8-16(20-2)14(18)10-12/h3-8,10,15,19H,9H2,1-2H3. The van der Waals surface area contributed by atoms with Gasteiger partial charge in [0, 0.05) is 6.04 Å². The molecular formula is C16H17F2NO. The summed E-state index contributed by atoms with van der Waals surface area (Å²) in [4.78, 5) is 0. The molecule has 0 saturated carbocycles. The summed E-state index contributed by atoms with van der Waals surface area (Å²) >= 11 is 0. The van der Waals surface area contributed by atoms with Crippen molar-refractivity contribution in [1.82, 2.24) is 5.32 Å². The Hall–Kier alpha value is -1.94. The molecule has 0 amide bonds. The van der Waals surface area contributed by atoms with Crippen LogP contribution in [0.1, 0.15) is 17.2 Å². The van der Waals surface area contributed by atoms with E-state index >= 15 is 0 Å². The number of nitrogens with one attached hydrogen (secondary N) is 1. The van der Waals surface area contributed by atoms with Crippen LogP contribution in [-0.4, -0.2) is 14.2 Å². The third-order valence-corrected chi connectivity index (χ3v) is 3.28. The van der Waals surface area contributed by atoms with Crippen molar-refractivity contribution in [3.05, 3.63) is 65.2 Å². The van der Waals surface area contributed by atoms with Crippen LogP contribution in [0, 0.1) is 11.6 Å². The molecule has 0 spiro atoms. The molecule has 0 heterocycles. The molecule has 0 fully saturated rings. The number of halogens is 2. The molecule has 2 aromatic rings. The SMILES string of the molecule is CNC(Cc1ccc(F)cc1)c1ccc(OC)c(F)c1. The van der Waals surface area contributed by atoms with Crippen molar-refractivity contribution in [1.29, 1.82) is 0 Å². The van der Waals surface area contributed by atoms with E-state index in [0.717, 1.165) is 11.1 Å². The Morgan fingerprint density at radius 2 is 1.80 bits per heavy atom. The molecule has 0 bridgehead atoms. The minimum absolute atomic E-state index is 0.0409. The first-order valence-electron chi connectivity index (χ1n) is 6.39. The Kier molecular flexibility index (Phi) is 4.69. The third kappa shape index (κ3) is 3.33. The van der Waals surface area contributed by atoms with E-state index in [1.54, 1.807) is 18.2 Å². The maximum Gasteiger partial charge on any atom is 0.165 e. The quantitative estimate of drug-likeness (QED) is 0.903. The Morgan fingerprint density at radius 3 is 2.35 bits per heavy atom. The molecule has 1 unspecified atom stereocenters. The van der Waals surface area contributed by atoms with E-state index in [0.29, 0.717) is 6.42 Å². The number of rotatable bonds is 5. The van der Waals surface area contributed by atoms with Crippen LogP contribution in [0.4, 0.5) is 8.78 Å². The molecule has 2 rings (SSSR count). The minimum Gasteiger partial charge on any atom is -0.494 e. The lowest BCUT2D eigenvalue weighted by molar-refractivity contribution is 0.385. The van der Waals surface area contributed by atoms with Crippen LogP contribution in [0.15, 0.2) is 42.5 Å². The van der Waals surface area contributed by atoms with Gasteiger partial charge in [0.25, 0.3) is 0 Å². The van der Waals surface area contributed by atoms with E-state index in [-0.39, 0.29) is 23.4 Å². The van der Waals surface area contributed by atoms with E-state index in [4.69, 9.17) is 4.74 Å². The van der Waals surface area contributed by atoms with Gasteiger partial charge in [0.2, 0.25) is 0 Å². The zero-order chi connectivity index (χ0) is 14.5. The molecule has 2 aromatic carbocycles. The summed E-state index contributed by atoms with van der Waals surface area (Å²) in [6.07, 6.45) is 0.655. The molecule has 4 heteroatoms. The second-order valence-electron chi connectivity index (χ2n) is 4.57. The molecule has 1 N–H and O–H groups in total. The van der Waals surface area contributed by atoms with Crippen molar-refractivity contribution in [3.63, 3.8) is 0 Å². The summed E-state index contributed by atoms with van der Waals surface area (Å²) in [7, 11) is 3.25. The lowest BCUT2D eigenvalue weighted by Gasteiger charge is -2.17. The number of methoxy groups -OCH3 is 1. The normalized spacial score (nSPS) is 12.2. The molecule has 0 aliphatic heterocycles. The van der Waals surface area contributed by atoms with Gasteiger partial charge in [0.1, 0.15) is 5.82 Å². The largest absolute Gasteiger partial charge is 0.494 e. The fraction of sp³-hybridized carbons (Fsp3) is 0.250. The number of likely N-dealkylation sites (N-methyl/N-ethyl adjacent to an activating group) is 1. The average molecular weight is 277 g/mol. The topological polar surface area (TPSA) is 21.3 Å². The van der Waals surface area contributed by atoms with Crippen LogP contribution in [0.5, 0.6) is 5.75 Å². The van der Waals surface area contributed by atoms with Crippen molar-refractivity contribution >= 4 is 0 Å². The van der Waals surface area contributed by atoms with Crippen LogP contribution in [0.25, 0.3) is 0 Å². The smallest absolute Gasteiger partial charge is 0.165 e. The van der Waals surface area contributed by atoms with Gasteiger partial charge in [-0.1, -0.05) is 18.2 Å². The van der Waals surface area contributed by atoms with Gasteiger partial charge in [0.05, 0.1) is 7.11 Å². The average Bonchev–Trinajstić information content (AvgIpc) is 2.46. The van der Waals surface area contributed by atoms with E-state index in [1.165, 1.54) is 25.3 Å². The Labute approximate surface area is 117 Å². The molecular weight excluding hydrogens is 260 g/mol. The van der Waals surface area contributed by atoms with Crippen molar-refractivity contribution < 1.29 is 13.5 Å². The van der Waals surface area contributed by atoms with E-state index in [9.17, 15) is 8.78 Å². The van der Waals surface area contributed by atoms with Gasteiger partial charge in [-0.2, -0.15) is 0 Å². The number of hydrogen-bond acceptors (Lipinski definition) is 2. The van der Waals surface area contributed by atoms with Crippen LogP contribution < -0.4 is 10.1 Å². The van der Waals surface area contributed by atoms with Crippen LogP contribution >= 0.6 is 0 Å². The lowest BCUT2D eigenvalue weighted by Crippen LogP contribution is -2.19. The minimum atomic E-state index is -0.385. The Balaban J connectivity index is 2.19. The van der Waals surface area contributed by atoms with Crippen LogP contribution in [-0.2, 0) is 6.42 Å². The maximum absolute atomic E-state index is 13.7. The van der Waals surface area contributed by atoms with E-state index in [1.807, 2.05) is 13.1 Å². The molecule has 106 valence electrons. The molecule has 0 saturated heterocycles. The lowest BCUT2D eigenvalue weighted by atomic mass is 9.99. The molecule has 0 radical (unpaired) electrons. The second kappa shape index (κ2) is 6.48. The van der Waals surface area contributed by atoms with Gasteiger partial charge >= 0.3 is 0 Å². The Morgan fingerprint density at radius 1 is 1.10 bits per heavy atom. The third-order valence-electron chi connectivity index (χ3n) is 3.28. The van der Waals surface area contributed by atoms with Crippen molar-refractivity contribution in [2.45, 2.75) is 12.5 Å². The fourth-order valence-corrected chi connectivity index (χ4v) is 2.14. The highest BCUT2D eigenvalue weighted by Crippen LogP contribution is 2.24. The first-order valence-corrected chi connectivity index (χ1v) is 6.39. The van der Waals surface area contributed by atoms with Gasteiger partial charge in [0.15, 0.2) is 11.6 Å². The molecule has 0 aromatic heterocycles. The van der Waals surface area contributed by atoms with E-state index < -0.39 is 0 Å². The predicted octanol–water partition coefficient (Wildman–Crippen LogP) is 3.48. The van der Waals surface area contributed by atoms with E-state index in [2.05, 4.69) is 5.32 Å². The van der Waals surface area contributed by atoms with Crippen molar-refractivity contribution in [3.8, 4) is 5.75 Å². The predicted molar refractivity (Wildman–Crippen MR) is 74.9 cm³/mol. The molecule has 0 aliphatic rings. The van der Waals surface area contributed by atoms with Crippen molar-refractivity contribution in [2.75, 3.05) is 14.2 Å². The Bertz CT molecular complexity index is 569. The highest BCUT2D eigenvalue weighted by atomic mass is 19.1. The van der Waals surface area contributed by atoms with Crippen LogP contribution in [0.3, 0.4) is 0 Å². The summed E-state index contributed by atoms with van der Waals surface area (Å²) in [6.45, 7) is 0. The fourth-order valence-electron chi connectivity index (χ4n) is 2.14. The van der Waals surface area contributed by atoms with Crippen molar-refractivity contribution in [2.24, 2.45) is 0 Å². The van der Waals surface area contributed by atoms with Gasteiger partial charge in [-0.05, 0) is 48.9 Å². The number of benzene rings is 2. The summed E-state index contributed by atoms with van der Waals surface area (Å²) in [5.41, 5.74) is 1.82. The van der Waals surface area contributed by atoms with Gasteiger partial charge in [-0.15, -0.1) is 0 Å². The monoisotopic (exact) mass is 277 g/mol. The molecule has 0 aliphatic carbocycles. The highest BCUT2D eigenvalue weighted by molar-refractivity contribution is 5.32. The van der Waals surface area contributed by atoms with Gasteiger partial charge in [-0.3, -0.25) is 0 Å². The van der Waals surface area contributed by atoms with Gasteiger partial charge < -0.3 is 10.1 Å². The van der Waals surface area contributed by atoms with Crippen LogP contribution in [0.2, 0.25) is 0 Å². The number of hydrogen-bond donors (Lipinski definition) is 1. The molecule has 20 heavy (non-hydrogen) atoms. The second-order valence-corrected chi connectivity index (χ2v) is 4.57. The summed E-state index contributed by atoms with van der Waals surface area (Å²) in [5, 5.41) is 3.14. The number of ether oxygens (including phenoxy) is 1. The van der Waals surface area contributed by atoms with Gasteiger partial charge in [-0.25, -0.2) is 8.78 Å². The zero-order valence-corrected chi connectivity index (χ0v) is 11.5. The maximum atomic E-state index is 13.7. The summed E-state index contributed by atoms with van der Waals surface area (Å²) in [6, 6.07) is 11.2. The molecule has 2 nitrogen and oxygen atoms in total. The highest BCUT2D eigenvalue weighted by Gasteiger charge is 2.13. The summed E-state index contributed by atoms with van der Waals surface area (Å²) in [5.74, 6) is -0.417. The molecule has 1 atom stereocenters. The first-order chi connectivity index (χ1) is 9.63.